The van der Waals surface area contributed by atoms with Crippen LogP contribution in [0, 0.1) is 13.8 Å². The van der Waals surface area contributed by atoms with Gasteiger partial charge in [-0.3, -0.25) is 4.79 Å². The number of halogens is 1. The molecule has 6 nitrogen and oxygen atoms in total. The van der Waals surface area contributed by atoms with E-state index in [1.54, 1.807) is 19.2 Å². The number of carbonyl (C=O) groups excluding carboxylic acids is 1. The molecule has 0 unspecified atom stereocenters. The summed E-state index contributed by atoms with van der Waals surface area (Å²) < 4.78 is 8.83. The summed E-state index contributed by atoms with van der Waals surface area (Å²) in [5, 5.41) is 3.53. The lowest BCUT2D eigenvalue weighted by atomic mass is 10.1. The Balaban J connectivity index is 1.68. The Hall–Kier alpha value is -3.42. The monoisotopic (exact) mass is 480 g/mol. The molecular weight excluding hydrogens is 456 g/mol. The number of anilines is 2. The van der Waals surface area contributed by atoms with Gasteiger partial charge < -0.3 is 20.5 Å². The van der Waals surface area contributed by atoms with Crippen LogP contribution in [0.15, 0.2) is 82.8 Å². The maximum atomic E-state index is 12.3. The lowest BCUT2D eigenvalue weighted by Gasteiger charge is -2.15. The van der Waals surface area contributed by atoms with Crippen molar-refractivity contribution in [1.29, 1.82) is 0 Å². The lowest BCUT2D eigenvalue weighted by molar-refractivity contribution is -0.111. The second-order valence-corrected chi connectivity index (χ2v) is 8.45. The fraction of sp³-hybridized carbons (Fsp3) is 0.120. The molecule has 0 spiro atoms. The molecule has 0 heterocycles. The third-order valence-corrected chi connectivity index (χ3v) is 5.76. The zero-order valence-corrected chi connectivity index (χ0v) is 20.1. The van der Waals surface area contributed by atoms with Crippen LogP contribution >= 0.6 is 23.5 Å². The number of aryl methyl sites for hydroxylation is 2. The topological polar surface area (TPSA) is 88.7 Å². The number of methoxy groups -OCH3 is 1. The van der Waals surface area contributed by atoms with E-state index in [4.69, 9.17) is 22.1 Å². The van der Waals surface area contributed by atoms with Crippen LogP contribution in [0.1, 0.15) is 16.7 Å². The first-order valence-corrected chi connectivity index (χ1v) is 11.3. The van der Waals surface area contributed by atoms with Crippen LogP contribution in [0.25, 0.3) is 0 Å². The molecule has 3 rings (SSSR count). The molecule has 0 aliphatic rings. The van der Waals surface area contributed by atoms with Crippen molar-refractivity contribution in [2.75, 3.05) is 17.1 Å². The quantitative estimate of drug-likeness (QED) is 0.161. The highest BCUT2D eigenvalue weighted by Crippen LogP contribution is 2.35. The minimum absolute atomic E-state index is 0.321. The number of amidine groups is 1. The molecule has 170 valence electrons. The third-order valence-electron chi connectivity index (χ3n) is 4.70. The molecule has 0 saturated heterocycles. The van der Waals surface area contributed by atoms with Crippen molar-refractivity contribution in [3.05, 3.63) is 94.7 Å². The molecule has 4 N–H and O–H groups in total. The van der Waals surface area contributed by atoms with Crippen molar-refractivity contribution < 1.29 is 9.53 Å². The second kappa shape index (κ2) is 11.4. The highest BCUT2D eigenvalue weighted by atomic mass is 35.5. The largest absolute Gasteiger partial charge is 0.496 e. The predicted molar refractivity (Wildman–Crippen MR) is 138 cm³/mol. The summed E-state index contributed by atoms with van der Waals surface area (Å²) in [5.41, 5.74) is 10.4. The molecule has 3 aromatic carbocycles. The molecule has 3 aromatic rings. The van der Waals surface area contributed by atoms with E-state index in [1.165, 1.54) is 24.2 Å². The van der Waals surface area contributed by atoms with E-state index in [1.807, 2.05) is 62.4 Å². The molecule has 8 heteroatoms. The zero-order valence-electron chi connectivity index (χ0n) is 18.6. The van der Waals surface area contributed by atoms with E-state index >= 15 is 0 Å². The molecule has 0 bridgehead atoms. The zero-order chi connectivity index (χ0) is 23.8. The van der Waals surface area contributed by atoms with E-state index in [0.717, 1.165) is 27.3 Å². The SMILES string of the molecule is COc1ccc(NC(=O)/C=C/N=C(N)c2ccccc2)cc1SNc1c(C)cc(Cl)cc1C. The highest BCUT2D eigenvalue weighted by molar-refractivity contribution is 8.00. The Kier molecular flexibility index (Phi) is 8.40. The van der Waals surface area contributed by atoms with Crippen molar-refractivity contribution in [3.63, 3.8) is 0 Å². The number of aliphatic imine (C=N–C) groups is 1. The minimum atomic E-state index is -0.321. The number of benzene rings is 3. The lowest BCUT2D eigenvalue weighted by Crippen LogP contribution is -2.12. The van der Waals surface area contributed by atoms with Gasteiger partial charge >= 0.3 is 0 Å². The number of rotatable bonds is 8. The van der Waals surface area contributed by atoms with E-state index in [9.17, 15) is 4.79 Å². The summed E-state index contributed by atoms with van der Waals surface area (Å²) in [4.78, 5) is 17.3. The van der Waals surface area contributed by atoms with Crippen LogP contribution in [-0.4, -0.2) is 18.9 Å². The van der Waals surface area contributed by atoms with E-state index < -0.39 is 0 Å². The third kappa shape index (κ3) is 6.78. The average molecular weight is 481 g/mol. The Morgan fingerprint density at radius 2 is 1.79 bits per heavy atom. The Labute approximate surface area is 203 Å². The number of nitrogens with one attached hydrogen (secondary N) is 2. The summed E-state index contributed by atoms with van der Waals surface area (Å²) in [5.74, 6) is 0.699. The first-order chi connectivity index (χ1) is 15.9. The smallest absolute Gasteiger partial charge is 0.249 e. The predicted octanol–water partition coefficient (Wildman–Crippen LogP) is 5.94. The number of nitrogens with two attached hydrogens (primary N) is 1. The number of amides is 1. The van der Waals surface area contributed by atoms with Gasteiger partial charge in [0, 0.05) is 28.5 Å². The number of ether oxygens (including phenoxy) is 1. The minimum Gasteiger partial charge on any atom is -0.496 e. The fourth-order valence-electron chi connectivity index (χ4n) is 3.06. The van der Waals surface area contributed by atoms with Gasteiger partial charge in [0.25, 0.3) is 0 Å². The summed E-state index contributed by atoms with van der Waals surface area (Å²) in [6.45, 7) is 3.99. The second-order valence-electron chi connectivity index (χ2n) is 7.17. The highest BCUT2D eigenvalue weighted by Gasteiger charge is 2.10. The molecule has 0 saturated carbocycles. The molecule has 0 aliphatic heterocycles. The Bertz CT molecular complexity index is 1170. The summed E-state index contributed by atoms with van der Waals surface area (Å²) >= 11 is 7.52. The molecule has 33 heavy (non-hydrogen) atoms. The van der Waals surface area contributed by atoms with Crippen LogP contribution < -0.4 is 20.5 Å². The molecule has 0 fully saturated rings. The van der Waals surface area contributed by atoms with Gasteiger partial charge in [0.05, 0.1) is 17.7 Å². The standard InChI is InChI=1S/C25H25ClN4O2S/c1-16-13-19(26)14-17(2)24(16)30-33-22-15-20(9-10-21(22)32-3)29-23(31)11-12-28-25(27)18-7-5-4-6-8-18/h4-15,30H,1-3H3,(H2,27,28)(H,29,31)/b12-11+. The van der Waals surface area contributed by atoms with E-state index in [-0.39, 0.29) is 5.91 Å². The first-order valence-electron chi connectivity index (χ1n) is 10.1. The summed E-state index contributed by atoms with van der Waals surface area (Å²) in [7, 11) is 1.61. The van der Waals surface area contributed by atoms with Gasteiger partial charge in [-0.2, -0.15) is 0 Å². The average Bonchev–Trinajstić information content (AvgIpc) is 2.79. The number of nitrogens with zero attached hydrogens (tertiary/aromatic N) is 1. The van der Waals surface area contributed by atoms with Crippen LogP contribution in [0.3, 0.4) is 0 Å². The molecule has 0 aromatic heterocycles. The fourth-order valence-corrected chi connectivity index (χ4v) is 4.36. The van der Waals surface area contributed by atoms with Crippen molar-refractivity contribution in [2.24, 2.45) is 10.7 Å². The molecule has 1 amide bonds. The van der Waals surface area contributed by atoms with Crippen molar-refractivity contribution in [1.82, 2.24) is 0 Å². The Morgan fingerprint density at radius 1 is 1.09 bits per heavy atom. The van der Waals surface area contributed by atoms with Gasteiger partial charge in [-0.25, -0.2) is 4.99 Å². The molecule has 0 atom stereocenters. The maximum Gasteiger partial charge on any atom is 0.249 e. The van der Waals surface area contributed by atoms with Gasteiger partial charge in [0.2, 0.25) is 5.91 Å². The van der Waals surface area contributed by atoms with Gasteiger partial charge in [-0.1, -0.05) is 41.9 Å². The van der Waals surface area contributed by atoms with Gasteiger partial charge in [0.15, 0.2) is 0 Å². The van der Waals surface area contributed by atoms with Gasteiger partial charge in [-0.15, -0.1) is 0 Å². The number of hydrogen-bond donors (Lipinski definition) is 3. The number of carbonyl (C=O) groups is 1. The Morgan fingerprint density at radius 3 is 2.45 bits per heavy atom. The van der Waals surface area contributed by atoms with E-state index in [2.05, 4.69) is 15.0 Å². The van der Waals surface area contributed by atoms with Gasteiger partial charge in [-0.05, 0) is 67.3 Å². The van der Waals surface area contributed by atoms with Crippen LogP contribution in [0.2, 0.25) is 5.02 Å². The molecule has 0 radical (unpaired) electrons. The molecular formula is C25H25ClN4O2S. The van der Waals surface area contributed by atoms with Gasteiger partial charge in [0.1, 0.15) is 11.6 Å². The van der Waals surface area contributed by atoms with Crippen molar-refractivity contribution >= 4 is 46.7 Å². The summed E-state index contributed by atoms with van der Waals surface area (Å²) in [6, 6.07) is 18.6. The van der Waals surface area contributed by atoms with Crippen molar-refractivity contribution in [3.8, 4) is 5.75 Å². The summed E-state index contributed by atoms with van der Waals surface area (Å²) in [6.07, 6.45) is 2.70. The number of hydrogen-bond acceptors (Lipinski definition) is 5. The maximum absolute atomic E-state index is 12.3. The van der Waals surface area contributed by atoms with Crippen LogP contribution in [-0.2, 0) is 4.79 Å². The van der Waals surface area contributed by atoms with E-state index in [0.29, 0.717) is 22.3 Å². The molecule has 0 aliphatic carbocycles. The first kappa shape index (κ1) is 24.2. The van der Waals surface area contributed by atoms with Crippen molar-refractivity contribution in [2.45, 2.75) is 18.7 Å². The van der Waals surface area contributed by atoms with Crippen LogP contribution in [0.5, 0.6) is 5.75 Å². The normalized spacial score (nSPS) is 11.5. The van der Waals surface area contributed by atoms with Crippen LogP contribution in [0.4, 0.5) is 11.4 Å².